The van der Waals surface area contributed by atoms with Gasteiger partial charge in [-0.3, -0.25) is 0 Å². The fourth-order valence-electron chi connectivity index (χ4n) is 1.91. The molecule has 0 aromatic heterocycles. The number of unbranched alkanes of at least 4 members (excludes halogenated alkanes) is 1. The lowest BCUT2D eigenvalue weighted by Crippen LogP contribution is -2.31. The van der Waals surface area contributed by atoms with Gasteiger partial charge in [0.25, 0.3) is 0 Å². The molecule has 1 N–H and O–H groups in total. The Hall–Kier alpha value is -0.910. The van der Waals surface area contributed by atoms with Crippen molar-refractivity contribution < 1.29 is 13.5 Å². The van der Waals surface area contributed by atoms with Crippen molar-refractivity contribution in [3.8, 4) is 0 Å². The standard InChI is InChI=1S/C14H23NO3S/c1-4-6-9-15(5-2)19(17,18)14-8-7-12(3)13(10-14)11-16/h7-8,10,16H,4-6,9,11H2,1-3H3. The van der Waals surface area contributed by atoms with E-state index in [1.807, 2.05) is 20.8 Å². The zero-order chi connectivity index (χ0) is 14.5. The Morgan fingerprint density at radius 2 is 1.95 bits per heavy atom. The fraction of sp³-hybridized carbons (Fsp3) is 0.571. The number of hydrogen-bond donors (Lipinski definition) is 1. The number of benzene rings is 1. The number of aliphatic hydroxyl groups is 1. The lowest BCUT2D eigenvalue weighted by Gasteiger charge is -2.20. The van der Waals surface area contributed by atoms with Crippen molar-refractivity contribution in [2.75, 3.05) is 13.1 Å². The van der Waals surface area contributed by atoms with Crippen LogP contribution in [0, 0.1) is 6.92 Å². The van der Waals surface area contributed by atoms with E-state index >= 15 is 0 Å². The Morgan fingerprint density at radius 3 is 2.47 bits per heavy atom. The fourth-order valence-corrected chi connectivity index (χ4v) is 3.45. The summed E-state index contributed by atoms with van der Waals surface area (Å²) in [6.07, 6.45) is 1.81. The molecule has 0 unspecified atom stereocenters. The van der Waals surface area contributed by atoms with Crippen LogP contribution >= 0.6 is 0 Å². The SMILES string of the molecule is CCCCN(CC)S(=O)(=O)c1ccc(C)c(CO)c1. The maximum atomic E-state index is 12.5. The van der Waals surface area contributed by atoms with Crippen LogP contribution < -0.4 is 0 Å². The van der Waals surface area contributed by atoms with Crippen molar-refractivity contribution in [3.05, 3.63) is 29.3 Å². The topological polar surface area (TPSA) is 57.6 Å². The Kier molecular flexibility index (Phi) is 5.97. The molecule has 0 spiro atoms. The van der Waals surface area contributed by atoms with Gasteiger partial charge in [-0.05, 0) is 36.6 Å². The maximum Gasteiger partial charge on any atom is 0.243 e. The Balaban J connectivity index is 3.11. The van der Waals surface area contributed by atoms with Crippen molar-refractivity contribution in [2.24, 2.45) is 0 Å². The highest BCUT2D eigenvalue weighted by Crippen LogP contribution is 2.20. The van der Waals surface area contributed by atoms with E-state index in [0.717, 1.165) is 18.4 Å². The van der Waals surface area contributed by atoms with Crippen LogP contribution in [0.15, 0.2) is 23.1 Å². The lowest BCUT2D eigenvalue weighted by atomic mass is 10.1. The van der Waals surface area contributed by atoms with E-state index in [1.54, 1.807) is 18.2 Å². The van der Waals surface area contributed by atoms with Crippen LogP contribution in [0.3, 0.4) is 0 Å². The molecule has 1 aromatic rings. The van der Waals surface area contributed by atoms with Gasteiger partial charge in [0, 0.05) is 13.1 Å². The van der Waals surface area contributed by atoms with E-state index < -0.39 is 10.0 Å². The molecule has 5 heteroatoms. The molecule has 0 bridgehead atoms. The molecule has 0 fully saturated rings. The quantitative estimate of drug-likeness (QED) is 0.836. The van der Waals surface area contributed by atoms with Crippen LogP contribution in [0.1, 0.15) is 37.8 Å². The number of sulfonamides is 1. The van der Waals surface area contributed by atoms with E-state index in [0.29, 0.717) is 18.7 Å². The summed E-state index contributed by atoms with van der Waals surface area (Å²) in [5.41, 5.74) is 1.56. The molecule has 19 heavy (non-hydrogen) atoms. The second kappa shape index (κ2) is 7.03. The van der Waals surface area contributed by atoms with E-state index in [2.05, 4.69) is 0 Å². The van der Waals surface area contributed by atoms with Gasteiger partial charge >= 0.3 is 0 Å². The van der Waals surface area contributed by atoms with Crippen molar-refractivity contribution >= 4 is 10.0 Å². The molecule has 1 aromatic carbocycles. The van der Waals surface area contributed by atoms with Gasteiger partial charge in [-0.15, -0.1) is 0 Å². The van der Waals surface area contributed by atoms with Crippen LogP contribution in [0.5, 0.6) is 0 Å². The van der Waals surface area contributed by atoms with Crippen LogP contribution in [0.25, 0.3) is 0 Å². The van der Waals surface area contributed by atoms with Crippen molar-refractivity contribution in [1.29, 1.82) is 0 Å². The van der Waals surface area contributed by atoms with Gasteiger partial charge in [-0.2, -0.15) is 4.31 Å². The third-order valence-corrected chi connectivity index (χ3v) is 5.21. The molecule has 0 heterocycles. The Bertz CT molecular complexity index is 511. The third kappa shape index (κ3) is 3.78. The molecule has 0 aliphatic rings. The number of nitrogens with zero attached hydrogens (tertiary/aromatic N) is 1. The molecular formula is C14H23NO3S. The number of aliphatic hydroxyl groups excluding tert-OH is 1. The molecule has 0 saturated heterocycles. The van der Waals surface area contributed by atoms with Gasteiger partial charge in [0.1, 0.15) is 0 Å². The highest BCUT2D eigenvalue weighted by Gasteiger charge is 2.22. The van der Waals surface area contributed by atoms with E-state index in [4.69, 9.17) is 0 Å². The first-order valence-electron chi connectivity index (χ1n) is 6.67. The van der Waals surface area contributed by atoms with E-state index in [1.165, 1.54) is 4.31 Å². The third-order valence-electron chi connectivity index (χ3n) is 3.24. The summed E-state index contributed by atoms with van der Waals surface area (Å²) in [6, 6.07) is 4.92. The van der Waals surface area contributed by atoms with Gasteiger partial charge in [-0.1, -0.05) is 26.3 Å². The van der Waals surface area contributed by atoms with Gasteiger partial charge in [0.15, 0.2) is 0 Å². The van der Waals surface area contributed by atoms with Gasteiger partial charge in [0.2, 0.25) is 10.0 Å². The lowest BCUT2D eigenvalue weighted by molar-refractivity contribution is 0.280. The van der Waals surface area contributed by atoms with E-state index in [9.17, 15) is 13.5 Å². The van der Waals surface area contributed by atoms with Gasteiger partial charge in [-0.25, -0.2) is 8.42 Å². The summed E-state index contributed by atoms with van der Waals surface area (Å²) in [7, 11) is -3.45. The largest absolute Gasteiger partial charge is 0.392 e. The predicted molar refractivity (Wildman–Crippen MR) is 76.4 cm³/mol. The number of rotatable bonds is 7. The molecule has 0 amide bonds. The molecule has 0 saturated carbocycles. The average Bonchev–Trinajstić information content (AvgIpc) is 2.39. The Labute approximate surface area is 116 Å². The first kappa shape index (κ1) is 16.1. The molecular weight excluding hydrogens is 262 g/mol. The Morgan fingerprint density at radius 1 is 1.26 bits per heavy atom. The van der Waals surface area contributed by atoms with Crippen molar-refractivity contribution in [2.45, 2.75) is 45.1 Å². The van der Waals surface area contributed by atoms with Crippen molar-refractivity contribution in [1.82, 2.24) is 4.31 Å². The molecule has 0 radical (unpaired) electrons. The van der Waals surface area contributed by atoms with Gasteiger partial charge in [0.05, 0.1) is 11.5 Å². The summed E-state index contributed by atoms with van der Waals surface area (Å²) in [4.78, 5) is 0.264. The molecule has 108 valence electrons. The molecule has 1 rings (SSSR count). The highest BCUT2D eigenvalue weighted by molar-refractivity contribution is 7.89. The summed E-state index contributed by atoms with van der Waals surface area (Å²) >= 11 is 0. The van der Waals surface area contributed by atoms with Gasteiger partial charge < -0.3 is 5.11 Å². The maximum absolute atomic E-state index is 12.5. The zero-order valence-corrected chi connectivity index (χ0v) is 12.7. The highest BCUT2D eigenvalue weighted by atomic mass is 32.2. The second-order valence-corrected chi connectivity index (χ2v) is 6.53. The minimum Gasteiger partial charge on any atom is -0.392 e. The summed E-state index contributed by atoms with van der Waals surface area (Å²) < 4.78 is 26.5. The number of aryl methyl sites for hydroxylation is 1. The summed E-state index contributed by atoms with van der Waals surface area (Å²) in [5, 5.41) is 9.24. The van der Waals surface area contributed by atoms with Crippen LogP contribution in [-0.4, -0.2) is 30.9 Å². The normalized spacial score (nSPS) is 12.1. The van der Waals surface area contributed by atoms with Crippen molar-refractivity contribution in [3.63, 3.8) is 0 Å². The molecule has 0 atom stereocenters. The van der Waals surface area contributed by atoms with Crippen LogP contribution in [0.4, 0.5) is 0 Å². The van der Waals surface area contributed by atoms with Crippen LogP contribution in [-0.2, 0) is 16.6 Å². The average molecular weight is 285 g/mol. The monoisotopic (exact) mass is 285 g/mol. The first-order chi connectivity index (χ1) is 8.97. The summed E-state index contributed by atoms with van der Waals surface area (Å²) in [6.45, 7) is 6.60. The van der Waals surface area contributed by atoms with E-state index in [-0.39, 0.29) is 11.5 Å². The smallest absolute Gasteiger partial charge is 0.243 e. The first-order valence-corrected chi connectivity index (χ1v) is 8.11. The summed E-state index contributed by atoms with van der Waals surface area (Å²) in [5.74, 6) is 0. The predicted octanol–water partition coefficient (Wildman–Crippen LogP) is 2.30. The minimum absolute atomic E-state index is 0.143. The molecule has 4 nitrogen and oxygen atoms in total. The zero-order valence-electron chi connectivity index (χ0n) is 11.9. The number of hydrogen-bond acceptors (Lipinski definition) is 3. The second-order valence-electron chi connectivity index (χ2n) is 4.60. The minimum atomic E-state index is -3.45. The van der Waals surface area contributed by atoms with Crippen LogP contribution in [0.2, 0.25) is 0 Å². The molecule has 0 aliphatic carbocycles. The molecule has 0 aliphatic heterocycles.